The summed E-state index contributed by atoms with van der Waals surface area (Å²) in [5.74, 6) is 0.575. The minimum absolute atomic E-state index is 0.113. The number of nitrogens with zero attached hydrogens (tertiary/aromatic N) is 7. The van der Waals surface area contributed by atoms with Crippen LogP contribution in [0.5, 0.6) is 0 Å². The third-order valence-electron chi connectivity index (χ3n) is 14.2. The van der Waals surface area contributed by atoms with Crippen LogP contribution in [0, 0.1) is 34.3 Å². The number of nitrogens with one attached hydrogen (secondary N) is 4. The van der Waals surface area contributed by atoms with Crippen molar-refractivity contribution in [2.24, 2.45) is 10.8 Å². The number of rotatable bonds is 18. The topological polar surface area (TPSA) is 237 Å². The highest BCUT2D eigenvalue weighted by Crippen LogP contribution is 2.42. The van der Waals surface area contributed by atoms with E-state index < -0.39 is 108 Å². The number of halogens is 8. The molecule has 27 heteroatoms. The Kier molecular flexibility index (Phi) is 17.8. The average Bonchev–Trinajstić information content (AvgIpc) is 3.64. The number of piperazine rings is 1. The van der Waals surface area contributed by atoms with Gasteiger partial charge in [0.25, 0.3) is 5.91 Å². The van der Waals surface area contributed by atoms with Gasteiger partial charge < -0.3 is 40.5 Å². The largest absolute Gasteiger partial charge is 0.465 e. The summed E-state index contributed by atoms with van der Waals surface area (Å²) in [7, 11) is 0.831. The highest BCUT2D eigenvalue weighted by molar-refractivity contribution is 5.87. The zero-order valence-electron chi connectivity index (χ0n) is 42.8. The van der Waals surface area contributed by atoms with Crippen molar-refractivity contribution in [3.05, 3.63) is 101 Å². The van der Waals surface area contributed by atoms with E-state index in [2.05, 4.69) is 51.6 Å². The Morgan fingerprint density at radius 3 is 1.86 bits per heavy atom. The lowest BCUT2D eigenvalue weighted by Crippen LogP contribution is -2.63. The van der Waals surface area contributed by atoms with Crippen LogP contribution >= 0.6 is 0 Å². The van der Waals surface area contributed by atoms with Gasteiger partial charge in [0.15, 0.2) is 5.82 Å². The van der Waals surface area contributed by atoms with Gasteiger partial charge in [-0.15, -0.1) is 0 Å². The van der Waals surface area contributed by atoms with Gasteiger partial charge in [0.1, 0.15) is 23.7 Å². The van der Waals surface area contributed by atoms with Crippen LogP contribution in [0.2, 0.25) is 0 Å². The van der Waals surface area contributed by atoms with E-state index in [0.29, 0.717) is 67.9 Å². The van der Waals surface area contributed by atoms with Gasteiger partial charge in [0.2, 0.25) is 11.9 Å². The molecule has 3 fully saturated rings. The highest BCUT2D eigenvalue weighted by atomic mass is 19.4. The first-order valence-electron chi connectivity index (χ1n) is 24.5. The van der Waals surface area contributed by atoms with Crippen LogP contribution in [0.4, 0.5) is 50.7 Å². The van der Waals surface area contributed by atoms with E-state index in [9.17, 15) is 55.7 Å². The second-order valence-corrected chi connectivity index (χ2v) is 20.3. The molecule has 7 rings (SSSR count). The highest BCUT2D eigenvalue weighted by Gasteiger charge is 2.57. The molecule has 0 aliphatic carbocycles. The number of carbonyl (C=O) groups excluding carboxylic acids is 3. The van der Waals surface area contributed by atoms with E-state index in [1.165, 1.54) is 35.9 Å². The van der Waals surface area contributed by atoms with Crippen molar-refractivity contribution in [2.75, 3.05) is 44.9 Å². The zero-order chi connectivity index (χ0) is 56.9. The second kappa shape index (κ2) is 23.8. The first-order valence-corrected chi connectivity index (χ1v) is 24.5. The van der Waals surface area contributed by atoms with Gasteiger partial charge in [-0.05, 0) is 82.9 Å². The van der Waals surface area contributed by atoms with Crippen molar-refractivity contribution < 1.29 is 74.0 Å². The molecule has 0 spiro atoms. The molecule has 4 aromatic rings. The number of amides is 4. The van der Waals surface area contributed by atoms with E-state index in [-0.39, 0.29) is 17.0 Å². The fourth-order valence-corrected chi connectivity index (χ4v) is 9.33. The average molecular weight is 1100 g/mol. The van der Waals surface area contributed by atoms with Crippen molar-refractivity contribution in [3.8, 4) is 23.2 Å². The summed E-state index contributed by atoms with van der Waals surface area (Å²) in [5.41, 5.74) is -3.95. The number of hydrogen-bond acceptors (Lipinski definition) is 14. The number of anilines is 1. The van der Waals surface area contributed by atoms with Crippen molar-refractivity contribution in [1.29, 1.82) is 0 Å². The third-order valence-corrected chi connectivity index (χ3v) is 14.2. The van der Waals surface area contributed by atoms with Crippen LogP contribution in [0.3, 0.4) is 0 Å². The van der Waals surface area contributed by atoms with E-state index >= 15 is 8.78 Å². The number of alkyl halides is 6. The Hall–Kier alpha value is -7.28. The number of ether oxygens (including phenoxy) is 2. The third kappa shape index (κ3) is 13.5. The van der Waals surface area contributed by atoms with Crippen LogP contribution < -0.4 is 26.3 Å². The number of carbonyl (C=O) groups is 4. The van der Waals surface area contributed by atoms with Crippen molar-refractivity contribution in [1.82, 2.24) is 51.2 Å². The summed E-state index contributed by atoms with van der Waals surface area (Å²) in [6.45, 7) is 3.10. The summed E-state index contributed by atoms with van der Waals surface area (Å²) >= 11 is 0. The van der Waals surface area contributed by atoms with Gasteiger partial charge in [-0.25, -0.2) is 43.3 Å². The number of hydrogen-bond donors (Lipinski definition) is 6. The molecule has 19 nitrogen and oxygen atoms in total. The zero-order valence-corrected chi connectivity index (χ0v) is 42.8. The summed E-state index contributed by atoms with van der Waals surface area (Å²) in [6, 6.07) is 3.50. The number of benzene rings is 2. The van der Waals surface area contributed by atoms with Crippen LogP contribution in [-0.2, 0) is 32.0 Å². The maximum atomic E-state index is 15.9. The predicted octanol–water partition coefficient (Wildman–Crippen LogP) is 5.12. The smallest absolute Gasteiger partial charge is 0.407 e. The molecule has 2 bridgehead atoms. The number of alkyl carbamates (subject to hydrolysis) is 1. The van der Waals surface area contributed by atoms with Gasteiger partial charge in [-0.2, -0.15) is 26.3 Å². The van der Waals surface area contributed by atoms with Crippen molar-refractivity contribution >= 4 is 29.9 Å². The van der Waals surface area contributed by atoms with E-state index in [0.717, 1.165) is 58.4 Å². The molecule has 420 valence electrons. The second-order valence-electron chi connectivity index (χ2n) is 20.3. The number of aromatic nitrogens is 4. The minimum Gasteiger partial charge on any atom is -0.465 e. The summed E-state index contributed by atoms with van der Waals surface area (Å²) < 4.78 is 129. The molecule has 3 saturated heterocycles. The van der Waals surface area contributed by atoms with Gasteiger partial charge in [-0.1, -0.05) is 24.0 Å². The Bertz CT molecular complexity index is 2810. The van der Waals surface area contributed by atoms with Crippen LogP contribution in [0.1, 0.15) is 62.8 Å². The molecule has 5 heterocycles. The Labute approximate surface area is 442 Å². The molecule has 6 atom stereocenters. The van der Waals surface area contributed by atoms with Crippen molar-refractivity contribution in [3.63, 3.8) is 0 Å². The number of hydrazine groups is 1. The number of aliphatic hydroxyl groups is 1. The monoisotopic (exact) mass is 1100 g/mol. The van der Waals surface area contributed by atoms with E-state index in [4.69, 9.17) is 4.74 Å². The minimum atomic E-state index is -5.24. The molecule has 2 unspecified atom stereocenters. The Morgan fingerprint density at radius 2 is 1.35 bits per heavy atom. The van der Waals surface area contributed by atoms with Gasteiger partial charge in [0, 0.05) is 79.7 Å². The normalized spacial score (nSPS) is 18.6. The Morgan fingerprint density at radius 1 is 0.795 bits per heavy atom. The van der Waals surface area contributed by atoms with E-state index in [1.807, 2.05) is 10.7 Å². The van der Waals surface area contributed by atoms with Gasteiger partial charge in [0.05, 0.1) is 54.9 Å². The molecule has 3 aliphatic rings. The number of aliphatic hydroxyl groups excluding tert-OH is 1. The maximum Gasteiger partial charge on any atom is 0.407 e. The molecular weight excluding hydrogens is 1050 g/mol. The lowest BCUT2D eigenvalue weighted by atomic mass is 9.82. The van der Waals surface area contributed by atoms with Crippen LogP contribution in [-0.4, -0.2) is 159 Å². The molecule has 4 amide bonds. The molecule has 78 heavy (non-hydrogen) atoms. The van der Waals surface area contributed by atoms with Crippen LogP contribution in [0.15, 0.2) is 67.3 Å². The molecule has 3 aliphatic heterocycles. The van der Waals surface area contributed by atoms with Gasteiger partial charge >= 0.3 is 24.5 Å². The first kappa shape index (κ1) is 58.4. The quantitative estimate of drug-likeness (QED) is 0.0431. The van der Waals surface area contributed by atoms with Gasteiger partial charge in [-0.3, -0.25) is 19.9 Å². The molecule has 2 aromatic carbocycles. The molecule has 0 saturated carbocycles. The maximum absolute atomic E-state index is 15.9. The molecule has 2 aromatic heterocycles. The summed E-state index contributed by atoms with van der Waals surface area (Å²) in [5, 5.41) is 27.7. The summed E-state index contributed by atoms with van der Waals surface area (Å²) in [4.78, 5) is 73.8. The summed E-state index contributed by atoms with van der Waals surface area (Å²) in [6.07, 6.45) is -8.55. The first-order chi connectivity index (χ1) is 36.7. The molecule has 6 N–H and O–H groups in total. The Balaban J connectivity index is 1.17. The SMILES string of the molecule is COC(=O)N[C@H](C(=O)N[C@@H](Cc1ccc(C#Cc2cnc(N3CC4CCC(C3)N4C3COC3)nc2)cc1)[C@@H](O)CN(Cc1c(F)cc(-c2ncccn2)cc1F)NC(=O)[C@@H](NC(=O)O)C(C)(C)C(F)(F)F)C(C)(C)C(F)(F)F. The lowest BCUT2D eigenvalue weighted by Gasteiger charge is -2.47. The number of carboxylic acid groups (broad SMARTS) is 1. The number of methoxy groups -OCH3 is 1. The fourth-order valence-electron chi connectivity index (χ4n) is 9.33. The standard InChI is InChI=1S/C51H57F8N11O8/c1-48(2,50(54,55)56)40(66-47(76)77-5)43(72)64-38(17-29-10-7-28(8-11-29)9-12-30-20-62-45(63-21-30)68-22-32-13-14-33(23-68)70(32)34-26-78-27-34)39(71)25-69(67-44(73)41(65-46(74)75)49(3,4)51(57,58)59)24-35-36(52)18-31(19-37(35)53)42-60-15-6-16-61-42/h6-8,10-11,15-16,18-21,32-34,38-41,65,71H,13-14,17,22-27H2,1-5H3,(H,64,72)(H,66,76)(H,67,73)(H,74,75)/t32?,33?,38-,39-,40+,41+/m0/s1. The van der Waals surface area contributed by atoms with Crippen LogP contribution in [0.25, 0.3) is 11.4 Å². The molecular formula is C51H57F8N11O8. The lowest BCUT2D eigenvalue weighted by molar-refractivity contribution is -0.221. The fraction of sp³-hybridized carbons (Fsp3) is 0.490. The van der Waals surface area contributed by atoms with E-state index in [1.54, 1.807) is 24.5 Å². The molecule has 0 radical (unpaired) electrons. The predicted molar refractivity (Wildman–Crippen MR) is 261 cm³/mol. The van der Waals surface area contributed by atoms with Crippen molar-refractivity contribution in [2.45, 2.75) is 108 Å². The number of fused-ring (bicyclic) bond motifs is 2.